The van der Waals surface area contributed by atoms with Crippen molar-refractivity contribution in [3.05, 3.63) is 132 Å². The Morgan fingerprint density at radius 2 is 1.37 bits per heavy atom. The van der Waals surface area contributed by atoms with Gasteiger partial charge in [-0.25, -0.2) is 9.50 Å². The number of nitrogen functional groups attached to an aromatic ring is 1. The first-order chi connectivity index (χ1) is 20.1. The molecule has 2 aromatic heterocycles. The van der Waals surface area contributed by atoms with E-state index in [-0.39, 0.29) is 19.0 Å². The summed E-state index contributed by atoms with van der Waals surface area (Å²) < 4.78 is 27.0. The summed E-state index contributed by atoms with van der Waals surface area (Å²) in [6.45, 7) is 1.09. The molecule has 1 saturated heterocycles. The van der Waals surface area contributed by atoms with Crippen LogP contribution in [-0.2, 0) is 44.6 Å². The Morgan fingerprint density at radius 1 is 0.780 bits per heavy atom. The quantitative estimate of drug-likeness (QED) is 0.250. The summed E-state index contributed by atoms with van der Waals surface area (Å²) in [4.78, 5) is 4.07. The molecular formula is C32H32N4O5. The molecule has 0 unspecified atom stereocenters. The van der Waals surface area contributed by atoms with Gasteiger partial charge in [0.2, 0.25) is 5.79 Å². The first-order valence-electron chi connectivity index (χ1n) is 13.5. The number of nitrogens with zero attached hydrogens (tertiary/aromatic N) is 3. The predicted molar refractivity (Wildman–Crippen MR) is 152 cm³/mol. The second kappa shape index (κ2) is 12.2. The van der Waals surface area contributed by atoms with Gasteiger partial charge in [0, 0.05) is 0 Å². The molecular weight excluding hydrogens is 520 g/mol. The van der Waals surface area contributed by atoms with Crippen LogP contribution in [0.25, 0.3) is 5.52 Å². The average Bonchev–Trinajstić information content (AvgIpc) is 3.57. The Kier molecular flexibility index (Phi) is 8.04. The molecule has 1 aliphatic rings. The molecule has 0 amide bonds. The van der Waals surface area contributed by atoms with Gasteiger partial charge in [0.25, 0.3) is 0 Å². The predicted octanol–water partition coefficient (Wildman–Crippen LogP) is 4.24. The number of hydrogen-bond acceptors (Lipinski definition) is 8. The minimum absolute atomic E-state index is 0.169. The fourth-order valence-corrected chi connectivity index (χ4v) is 5.14. The largest absolute Gasteiger partial charge is 0.382 e. The number of nitrogens with two attached hydrogens (primary N) is 1. The van der Waals surface area contributed by atoms with E-state index in [0.29, 0.717) is 24.4 Å². The third kappa shape index (κ3) is 5.85. The highest BCUT2D eigenvalue weighted by Crippen LogP contribution is 2.42. The molecule has 3 N–H and O–H groups in total. The van der Waals surface area contributed by atoms with Crippen LogP contribution in [0.3, 0.4) is 0 Å². The van der Waals surface area contributed by atoms with E-state index in [1.54, 1.807) is 12.1 Å². The van der Waals surface area contributed by atoms with Crippen molar-refractivity contribution in [1.29, 1.82) is 0 Å². The molecule has 3 heterocycles. The standard InChI is InChI=1S/C32H32N4O5/c33-31-26-16-17-28(36(26)35-22-34-31)32(37)30(40-20-25-14-8-3-9-15-25)29(39-19-24-12-6-2-7-13-24)27(41-32)21-38-18-23-10-4-1-5-11-23/h1-17,22,27,29-30,37H,18-21H2,(H2,33,34,35)/t27-,29-,30-,32-/m1/s1. The molecule has 5 aromatic rings. The number of benzene rings is 3. The fourth-order valence-electron chi connectivity index (χ4n) is 5.14. The number of fused-ring (bicyclic) bond motifs is 1. The van der Waals surface area contributed by atoms with Crippen LogP contribution < -0.4 is 5.73 Å². The summed E-state index contributed by atoms with van der Waals surface area (Å²) in [7, 11) is 0. The number of aliphatic hydroxyl groups is 1. The highest BCUT2D eigenvalue weighted by Gasteiger charge is 2.58. The number of rotatable bonds is 11. The van der Waals surface area contributed by atoms with Crippen molar-refractivity contribution in [2.75, 3.05) is 12.3 Å². The Morgan fingerprint density at radius 3 is 2.00 bits per heavy atom. The van der Waals surface area contributed by atoms with Crippen molar-refractivity contribution >= 4 is 11.3 Å². The average molecular weight is 553 g/mol. The zero-order chi connectivity index (χ0) is 28.1. The third-order valence-corrected chi connectivity index (χ3v) is 7.18. The molecule has 0 radical (unpaired) electrons. The normalized spacial score (nSPS) is 22.3. The smallest absolute Gasteiger partial charge is 0.240 e. The minimum atomic E-state index is -1.93. The van der Waals surface area contributed by atoms with E-state index in [1.165, 1.54) is 10.8 Å². The maximum absolute atomic E-state index is 12.3. The summed E-state index contributed by atoms with van der Waals surface area (Å²) in [6, 6.07) is 33.0. The number of hydrogen-bond donors (Lipinski definition) is 2. The SMILES string of the molecule is Nc1ncnn2c([C@@]3(O)O[C@H](COCc4ccccc4)[C@@H](OCc4ccccc4)[C@H]3OCc3ccccc3)ccc12. The van der Waals surface area contributed by atoms with E-state index >= 15 is 0 Å². The van der Waals surface area contributed by atoms with Crippen molar-refractivity contribution < 1.29 is 24.1 Å². The van der Waals surface area contributed by atoms with E-state index in [1.807, 2.05) is 91.0 Å². The molecule has 41 heavy (non-hydrogen) atoms. The second-order valence-corrected chi connectivity index (χ2v) is 9.99. The summed E-state index contributed by atoms with van der Waals surface area (Å²) in [5, 5.41) is 16.7. The monoisotopic (exact) mass is 552 g/mol. The van der Waals surface area contributed by atoms with Crippen LogP contribution in [0.2, 0.25) is 0 Å². The van der Waals surface area contributed by atoms with Crippen LogP contribution in [0.4, 0.5) is 5.82 Å². The van der Waals surface area contributed by atoms with Crippen LogP contribution in [0.1, 0.15) is 22.4 Å². The van der Waals surface area contributed by atoms with Gasteiger partial charge in [-0.3, -0.25) is 0 Å². The molecule has 0 aliphatic carbocycles. The molecule has 1 aliphatic heterocycles. The highest BCUT2D eigenvalue weighted by molar-refractivity contribution is 5.65. The van der Waals surface area contributed by atoms with Crippen LogP contribution in [-0.4, -0.2) is 44.6 Å². The van der Waals surface area contributed by atoms with Gasteiger partial charge >= 0.3 is 0 Å². The molecule has 0 bridgehead atoms. The lowest BCUT2D eigenvalue weighted by molar-refractivity contribution is -0.255. The van der Waals surface area contributed by atoms with Gasteiger partial charge in [0.05, 0.1) is 26.4 Å². The number of ether oxygens (including phenoxy) is 4. The van der Waals surface area contributed by atoms with Crippen molar-refractivity contribution in [2.45, 2.75) is 43.9 Å². The van der Waals surface area contributed by atoms with Crippen LogP contribution in [0.5, 0.6) is 0 Å². The zero-order valence-corrected chi connectivity index (χ0v) is 22.5. The lowest BCUT2D eigenvalue weighted by atomic mass is 10.0. The fraction of sp³-hybridized carbons (Fsp3) is 0.250. The van der Waals surface area contributed by atoms with E-state index in [4.69, 9.17) is 24.7 Å². The molecule has 210 valence electrons. The molecule has 9 nitrogen and oxygen atoms in total. The molecule has 4 atom stereocenters. The van der Waals surface area contributed by atoms with Crippen LogP contribution in [0, 0.1) is 0 Å². The Bertz CT molecular complexity index is 1550. The molecule has 9 heteroatoms. The lowest BCUT2D eigenvalue weighted by Crippen LogP contribution is -2.45. The maximum Gasteiger partial charge on any atom is 0.240 e. The first kappa shape index (κ1) is 27.1. The van der Waals surface area contributed by atoms with E-state index in [0.717, 1.165) is 16.7 Å². The van der Waals surface area contributed by atoms with Gasteiger partial charge in [-0.1, -0.05) is 91.0 Å². The van der Waals surface area contributed by atoms with Crippen LogP contribution >= 0.6 is 0 Å². The van der Waals surface area contributed by atoms with Crippen molar-refractivity contribution in [1.82, 2.24) is 14.6 Å². The second-order valence-electron chi connectivity index (χ2n) is 9.99. The first-order valence-corrected chi connectivity index (χ1v) is 13.5. The van der Waals surface area contributed by atoms with Crippen molar-refractivity contribution in [2.24, 2.45) is 0 Å². The van der Waals surface area contributed by atoms with Gasteiger partial charge in [0.1, 0.15) is 35.8 Å². The Labute approximate surface area is 238 Å². The molecule has 0 saturated carbocycles. The summed E-state index contributed by atoms with van der Waals surface area (Å²) in [5.41, 5.74) is 9.98. The zero-order valence-electron chi connectivity index (χ0n) is 22.5. The van der Waals surface area contributed by atoms with Gasteiger partial charge in [-0.2, -0.15) is 5.10 Å². The number of anilines is 1. The topological polar surface area (TPSA) is 113 Å². The Hall–Kier alpha value is -4.12. The Balaban J connectivity index is 1.33. The van der Waals surface area contributed by atoms with E-state index in [9.17, 15) is 5.11 Å². The lowest BCUT2D eigenvalue weighted by Gasteiger charge is -2.30. The summed E-state index contributed by atoms with van der Waals surface area (Å²) in [5.74, 6) is -1.64. The van der Waals surface area contributed by atoms with Crippen molar-refractivity contribution in [3.8, 4) is 0 Å². The van der Waals surface area contributed by atoms with Gasteiger partial charge in [-0.15, -0.1) is 0 Å². The number of aromatic nitrogens is 3. The van der Waals surface area contributed by atoms with Gasteiger partial charge < -0.3 is 29.8 Å². The highest BCUT2D eigenvalue weighted by atomic mass is 16.7. The summed E-state index contributed by atoms with van der Waals surface area (Å²) >= 11 is 0. The maximum atomic E-state index is 12.3. The molecule has 1 fully saturated rings. The molecule has 3 aromatic carbocycles. The van der Waals surface area contributed by atoms with Gasteiger partial charge in [0.15, 0.2) is 5.82 Å². The van der Waals surface area contributed by atoms with E-state index < -0.39 is 24.1 Å². The summed E-state index contributed by atoms with van der Waals surface area (Å²) in [6.07, 6.45) is -0.915. The molecule has 6 rings (SSSR count). The minimum Gasteiger partial charge on any atom is -0.382 e. The third-order valence-electron chi connectivity index (χ3n) is 7.18. The van der Waals surface area contributed by atoms with Crippen molar-refractivity contribution in [3.63, 3.8) is 0 Å². The van der Waals surface area contributed by atoms with Crippen LogP contribution in [0.15, 0.2) is 109 Å². The van der Waals surface area contributed by atoms with Gasteiger partial charge in [-0.05, 0) is 28.8 Å². The van der Waals surface area contributed by atoms with E-state index in [2.05, 4.69) is 10.1 Å². The molecule has 0 spiro atoms.